The Morgan fingerprint density at radius 2 is 1.75 bits per heavy atom. The van der Waals surface area contributed by atoms with Gasteiger partial charge in [-0.2, -0.15) is 0 Å². The maximum absolute atomic E-state index is 12.7. The molecule has 0 spiro atoms. The molecular weight excluding hydrogens is 171 g/mol. The first-order valence-corrected chi connectivity index (χ1v) is 3.52. The van der Waals surface area contributed by atoms with Gasteiger partial charge in [0.05, 0.1) is 6.61 Å². The zero-order valence-electron chi connectivity index (χ0n) is 6.17. The lowest BCUT2D eigenvalue weighted by Crippen LogP contribution is -2.56. The van der Waals surface area contributed by atoms with Gasteiger partial charge in [0, 0.05) is 0 Å². The lowest BCUT2D eigenvalue weighted by molar-refractivity contribution is -0.271. The second-order valence-electron chi connectivity index (χ2n) is 2.67. The van der Waals surface area contributed by atoms with Gasteiger partial charge in [0.15, 0.2) is 12.5 Å². The van der Waals surface area contributed by atoms with E-state index in [-0.39, 0.29) is 0 Å². The Bertz CT molecular complexity index is 150. The molecule has 0 aliphatic carbocycles. The smallest absolute Gasteiger partial charge is 0.189 e. The Morgan fingerprint density at radius 3 is 2.25 bits per heavy atom. The molecular formula is C6H11FO5. The molecule has 5 nitrogen and oxygen atoms in total. The van der Waals surface area contributed by atoms with Gasteiger partial charge in [-0.15, -0.1) is 0 Å². The van der Waals surface area contributed by atoms with Crippen LogP contribution in [0.3, 0.4) is 0 Å². The highest BCUT2D eigenvalue weighted by Crippen LogP contribution is 2.21. The van der Waals surface area contributed by atoms with Gasteiger partial charge in [-0.3, -0.25) is 0 Å². The highest BCUT2D eigenvalue weighted by molar-refractivity contribution is 4.88. The summed E-state index contributed by atoms with van der Waals surface area (Å²) in [6, 6.07) is 0. The number of halogens is 1. The minimum Gasteiger partial charge on any atom is -0.394 e. The monoisotopic (exact) mass is 182 g/mol. The van der Waals surface area contributed by atoms with Crippen LogP contribution < -0.4 is 0 Å². The number of aliphatic hydroxyl groups is 4. The summed E-state index contributed by atoms with van der Waals surface area (Å²) < 4.78 is 17.1. The summed E-state index contributed by atoms with van der Waals surface area (Å²) in [4.78, 5) is 0. The normalized spacial score (nSPS) is 49.2. The molecule has 0 saturated carbocycles. The highest BCUT2D eigenvalue weighted by atomic mass is 19.1. The van der Waals surface area contributed by atoms with Gasteiger partial charge in [-0.1, -0.05) is 0 Å². The van der Waals surface area contributed by atoms with E-state index in [4.69, 9.17) is 20.4 Å². The van der Waals surface area contributed by atoms with Gasteiger partial charge < -0.3 is 25.2 Å². The van der Waals surface area contributed by atoms with Crippen molar-refractivity contribution in [3.8, 4) is 0 Å². The Morgan fingerprint density at radius 1 is 1.17 bits per heavy atom. The Hall–Kier alpha value is -0.270. The van der Waals surface area contributed by atoms with Crippen LogP contribution in [0.2, 0.25) is 0 Å². The van der Waals surface area contributed by atoms with Crippen LogP contribution in [0.5, 0.6) is 0 Å². The molecule has 1 fully saturated rings. The van der Waals surface area contributed by atoms with Crippen molar-refractivity contribution in [2.24, 2.45) is 0 Å². The number of ether oxygens (including phenoxy) is 1. The van der Waals surface area contributed by atoms with Crippen molar-refractivity contribution >= 4 is 0 Å². The average Bonchev–Trinajstić information content (AvgIpc) is 2.08. The van der Waals surface area contributed by atoms with Crippen molar-refractivity contribution in [1.29, 1.82) is 0 Å². The van der Waals surface area contributed by atoms with E-state index in [1.54, 1.807) is 0 Å². The second-order valence-corrected chi connectivity index (χ2v) is 2.67. The number of hydrogen-bond acceptors (Lipinski definition) is 5. The van der Waals surface area contributed by atoms with E-state index in [1.165, 1.54) is 0 Å². The first-order valence-electron chi connectivity index (χ1n) is 3.52. The van der Waals surface area contributed by atoms with Crippen molar-refractivity contribution in [1.82, 2.24) is 0 Å². The van der Waals surface area contributed by atoms with Crippen molar-refractivity contribution in [3.63, 3.8) is 0 Å². The van der Waals surface area contributed by atoms with E-state index >= 15 is 0 Å². The van der Waals surface area contributed by atoms with Crippen LogP contribution in [0.15, 0.2) is 0 Å². The first kappa shape index (κ1) is 9.82. The van der Waals surface area contributed by atoms with Gasteiger partial charge in [0.25, 0.3) is 0 Å². The lowest BCUT2D eigenvalue weighted by Gasteiger charge is -2.36. The van der Waals surface area contributed by atoms with Crippen LogP contribution in [0.4, 0.5) is 4.39 Å². The molecule has 6 heteroatoms. The Balaban J connectivity index is 2.63. The summed E-state index contributed by atoms with van der Waals surface area (Å²) in [7, 11) is 0. The third-order valence-corrected chi connectivity index (χ3v) is 1.82. The molecule has 5 atom stereocenters. The van der Waals surface area contributed by atoms with Crippen molar-refractivity contribution in [3.05, 3.63) is 0 Å². The summed E-state index contributed by atoms with van der Waals surface area (Å²) >= 11 is 0. The number of hydrogen-bond donors (Lipinski definition) is 4. The largest absolute Gasteiger partial charge is 0.394 e. The number of rotatable bonds is 1. The van der Waals surface area contributed by atoms with Crippen molar-refractivity contribution < 1.29 is 29.6 Å². The molecule has 1 aliphatic rings. The van der Waals surface area contributed by atoms with E-state index in [0.29, 0.717) is 0 Å². The molecule has 1 saturated heterocycles. The SMILES string of the molecule is OC[C@@H]1O[C@@H](O)[C@@H](F)[C@H](O)[C@@H]1O. The molecule has 0 bridgehead atoms. The number of alkyl halides is 1. The van der Waals surface area contributed by atoms with Crippen LogP contribution in [0.25, 0.3) is 0 Å². The summed E-state index contributed by atoms with van der Waals surface area (Å²) in [6.07, 6.45) is -8.19. The number of aliphatic hydroxyl groups excluding tert-OH is 4. The van der Waals surface area contributed by atoms with Crippen LogP contribution in [-0.2, 0) is 4.74 Å². The molecule has 0 aromatic carbocycles. The summed E-state index contributed by atoms with van der Waals surface area (Å²) in [5.74, 6) is 0. The predicted octanol–water partition coefficient (Wildman–Crippen LogP) is -2.24. The van der Waals surface area contributed by atoms with Gasteiger partial charge in [-0.05, 0) is 0 Å². The van der Waals surface area contributed by atoms with E-state index in [9.17, 15) is 4.39 Å². The third kappa shape index (κ3) is 1.57. The zero-order chi connectivity index (χ0) is 9.30. The van der Waals surface area contributed by atoms with Crippen molar-refractivity contribution in [2.45, 2.75) is 30.8 Å². The fraction of sp³-hybridized carbons (Fsp3) is 1.00. The third-order valence-electron chi connectivity index (χ3n) is 1.82. The summed E-state index contributed by atoms with van der Waals surface area (Å²) in [5, 5.41) is 35.3. The van der Waals surface area contributed by atoms with Crippen LogP contribution in [0, 0.1) is 0 Å². The molecule has 12 heavy (non-hydrogen) atoms. The van der Waals surface area contributed by atoms with E-state index in [2.05, 4.69) is 4.74 Å². The zero-order valence-corrected chi connectivity index (χ0v) is 6.17. The van der Waals surface area contributed by atoms with E-state index in [0.717, 1.165) is 0 Å². The molecule has 0 unspecified atom stereocenters. The molecule has 0 amide bonds. The maximum Gasteiger partial charge on any atom is 0.189 e. The quantitative estimate of drug-likeness (QED) is 0.368. The molecule has 0 radical (unpaired) electrons. The maximum atomic E-state index is 12.7. The minimum absolute atomic E-state index is 0.581. The highest BCUT2D eigenvalue weighted by Gasteiger charge is 2.43. The van der Waals surface area contributed by atoms with Crippen LogP contribution in [0.1, 0.15) is 0 Å². The molecule has 0 aromatic heterocycles. The average molecular weight is 182 g/mol. The molecule has 72 valence electrons. The topological polar surface area (TPSA) is 90.2 Å². The molecule has 4 N–H and O–H groups in total. The Kier molecular flexibility index (Phi) is 2.97. The fourth-order valence-corrected chi connectivity index (χ4v) is 1.06. The van der Waals surface area contributed by atoms with E-state index < -0.39 is 37.4 Å². The second kappa shape index (κ2) is 3.63. The lowest BCUT2D eigenvalue weighted by atomic mass is 10.0. The standard InChI is InChI=1S/C6H11FO5/c7-3-5(10)4(9)2(1-8)12-6(3)11/h2-6,8-11H,1H2/t2-,3-,4+,5-,6+/m0/s1. The van der Waals surface area contributed by atoms with Gasteiger partial charge in [-0.25, -0.2) is 4.39 Å². The van der Waals surface area contributed by atoms with Crippen LogP contribution >= 0.6 is 0 Å². The molecule has 1 heterocycles. The summed E-state index contributed by atoms with van der Waals surface area (Å²) in [5.41, 5.74) is 0. The minimum atomic E-state index is -2.04. The molecule has 0 aromatic rings. The molecule has 1 rings (SSSR count). The fourth-order valence-electron chi connectivity index (χ4n) is 1.06. The Labute approximate surface area is 68.0 Å². The van der Waals surface area contributed by atoms with Gasteiger partial charge >= 0.3 is 0 Å². The summed E-state index contributed by atoms with van der Waals surface area (Å²) in [6.45, 7) is -0.581. The van der Waals surface area contributed by atoms with E-state index in [1.807, 2.05) is 0 Å². The predicted molar refractivity (Wildman–Crippen MR) is 34.9 cm³/mol. The first-order chi connectivity index (χ1) is 5.57. The van der Waals surface area contributed by atoms with Crippen LogP contribution in [-0.4, -0.2) is 57.8 Å². The van der Waals surface area contributed by atoms with Gasteiger partial charge in [0.1, 0.15) is 18.3 Å². The molecule has 1 aliphatic heterocycles. The van der Waals surface area contributed by atoms with Gasteiger partial charge in [0.2, 0.25) is 0 Å². The van der Waals surface area contributed by atoms with Crippen molar-refractivity contribution in [2.75, 3.05) is 6.61 Å².